The summed E-state index contributed by atoms with van der Waals surface area (Å²) in [4.78, 5) is 0. The maximum Gasteiger partial charge on any atom is 0.0682 e. The molecule has 0 spiro atoms. The van der Waals surface area contributed by atoms with Gasteiger partial charge in [0.15, 0.2) is 0 Å². The van der Waals surface area contributed by atoms with Crippen LogP contribution in [0.15, 0.2) is 36.8 Å². The molecular formula is C16H19IN5P. The molecule has 1 aliphatic rings. The number of aromatic nitrogens is 4. The Hall–Kier alpha value is -0.980. The Balaban J connectivity index is 1.60. The molecule has 0 saturated carbocycles. The summed E-state index contributed by atoms with van der Waals surface area (Å²) >= 11 is 2.34. The van der Waals surface area contributed by atoms with Crippen LogP contribution in [0.25, 0.3) is 22.0 Å². The van der Waals surface area contributed by atoms with Crippen molar-refractivity contribution in [3.8, 4) is 11.1 Å². The zero-order chi connectivity index (χ0) is 15.8. The molecule has 0 bridgehead atoms. The van der Waals surface area contributed by atoms with Gasteiger partial charge in [0.1, 0.15) is 0 Å². The van der Waals surface area contributed by atoms with Crippen molar-refractivity contribution in [3.63, 3.8) is 0 Å². The summed E-state index contributed by atoms with van der Waals surface area (Å²) in [6.45, 7) is 4.34. The molecular weight excluding hydrogens is 420 g/mol. The zero-order valence-electron chi connectivity index (χ0n) is 12.9. The van der Waals surface area contributed by atoms with Crippen molar-refractivity contribution in [1.29, 1.82) is 0 Å². The molecule has 0 amide bonds. The molecule has 1 aromatic carbocycles. The lowest BCUT2D eigenvalue weighted by Crippen LogP contribution is -2.18. The van der Waals surface area contributed by atoms with Gasteiger partial charge in [0.2, 0.25) is 0 Å². The maximum absolute atomic E-state index is 4.61. The summed E-state index contributed by atoms with van der Waals surface area (Å²) in [5.74, 6) is 0.677. The number of nitrogens with one attached hydrogen (secondary N) is 1. The van der Waals surface area contributed by atoms with Gasteiger partial charge < -0.3 is 5.32 Å². The highest BCUT2D eigenvalue weighted by Crippen LogP contribution is 2.29. The number of rotatable bonds is 4. The highest BCUT2D eigenvalue weighted by Gasteiger charge is 2.21. The highest BCUT2D eigenvalue weighted by atomic mass is 127. The standard InChI is InChI=1S/C16H19IN5P/c1-11-4-12(6-18-11)9-21-16-3-2-13(5-14(16)7-19-21)15-8-20-22(10-15)23-17/h2-3,5,7-8,10-12,18,23H,4,6,9H2,1H3. The quantitative estimate of drug-likeness (QED) is 0.499. The van der Waals surface area contributed by atoms with Crippen molar-refractivity contribution in [2.45, 2.75) is 25.9 Å². The number of nitrogens with zero attached hydrogens (tertiary/aromatic N) is 4. The number of fused-ring (bicyclic) bond motifs is 1. The summed E-state index contributed by atoms with van der Waals surface area (Å²) in [5, 5.41) is 13.7. The lowest BCUT2D eigenvalue weighted by atomic mass is 10.1. The number of hydrogen-bond acceptors (Lipinski definition) is 3. The topological polar surface area (TPSA) is 47.7 Å². The Morgan fingerprint density at radius 1 is 1.30 bits per heavy atom. The number of halogens is 1. The van der Waals surface area contributed by atoms with E-state index in [1.54, 1.807) is 0 Å². The van der Waals surface area contributed by atoms with E-state index in [9.17, 15) is 0 Å². The van der Waals surface area contributed by atoms with Crippen LogP contribution in [0.2, 0.25) is 0 Å². The predicted octanol–water partition coefficient (Wildman–Crippen LogP) is 3.69. The second-order valence-corrected chi connectivity index (χ2v) is 8.34. The van der Waals surface area contributed by atoms with Crippen molar-refractivity contribution in [1.82, 2.24) is 24.6 Å². The fourth-order valence-electron chi connectivity index (χ4n) is 3.35. The monoisotopic (exact) mass is 439 g/mol. The van der Waals surface area contributed by atoms with Crippen molar-refractivity contribution in [2.24, 2.45) is 5.92 Å². The van der Waals surface area contributed by atoms with Gasteiger partial charge in [-0.15, -0.1) is 0 Å². The second kappa shape index (κ2) is 6.49. The first-order chi connectivity index (χ1) is 11.2. The minimum Gasteiger partial charge on any atom is -0.314 e. The third-order valence-electron chi connectivity index (χ3n) is 4.52. The van der Waals surface area contributed by atoms with Crippen LogP contribution in [0.4, 0.5) is 0 Å². The fraction of sp³-hybridized carbons (Fsp3) is 0.375. The van der Waals surface area contributed by atoms with Crippen LogP contribution >= 0.6 is 28.4 Å². The van der Waals surface area contributed by atoms with E-state index >= 15 is 0 Å². The van der Waals surface area contributed by atoms with E-state index in [0.717, 1.165) is 18.7 Å². The summed E-state index contributed by atoms with van der Waals surface area (Å²) in [7, 11) is 0. The third kappa shape index (κ3) is 3.16. The molecule has 3 aromatic rings. The predicted molar refractivity (Wildman–Crippen MR) is 104 cm³/mol. The largest absolute Gasteiger partial charge is 0.314 e. The van der Waals surface area contributed by atoms with E-state index in [1.165, 1.54) is 22.9 Å². The average molecular weight is 439 g/mol. The normalized spacial score (nSPS) is 21.8. The molecule has 4 rings (SSSR count). The Kier molecular flexibility index (Phi) is 4.39. The van der Waals surface area contributed by atoms with Crippen molar-refractivity contribution in [3.05, 3.63) is 36.8 Å². The van der Waals surface area contributed by atoms with Gasteiger partial charge in [-0.3, -0.25) is 4.68 Å². The van der Waals surface area contributed by atoms with Gasteiger partial charge in [0.05, 0.1) is 24.3 Å². The van der Waals surface area contributed by atoms with Crippen molar-refractivity contribution >= 4 is 39.3 Å². The number of benzene rings is 1. The maximum atomic E-state index is 4.61. The van der Waals surface area contributed by atoms with E-state index in [2.05, 4.69) is 73.6 Å². The molecule has 3 unspecified atom stereocenters. The molecule has 1 aliphatic heterocycles. The molecule has 1 N–H and O–H groups in total. The van der Waals surface area contributed by atoms with Gasteiger partial charge in [0, 0.05) is 36.3 Å². The van der Waals surface area contributed by atoms with Crippen molar-refractivity contribution in [2.75, 3.05) is 6.54 Å². The summed E-state index contributed by atoms with van der Waals surface area (Å²) in [5.41, 5.74) is 3.59. The van der Waals surface area contributed by atoms with Gasteiger partial charge >= 0.3 is 0 Å². The molecule has 5 nitrogen and oxygen atoms in total. The lowest BCUT2D eigenvalue weighted by molar-refractivity contribution is 0.453. The van der Waals surface area contributed by atoms with E-state index in [0.29, 0.717) is 18.3 Å². The summed E-state index contributed by atoms with van der Waals surface area (Å²) < 4.78 is 4.12. The molecule has 0 aliphatic carbocycles. The molecule has 2 aromatic heterocycles. The first-order valence-electron chi connectivity index (χ1n) is 7.83. The van der Waals surface area contributed by atoms with Gasteiger partial charge in [-0.05, 0) is 59.0 Å². The van der Waals surface area contributed by atoms with E-state index in [4.69, 9.17) is 0 Å². The molecule has 120 valence electrons. The first-order valence-corrected chi connectivity index (χ1v) is 11.9. The number of hydrogen-bond donors (Lipinski definition) is 1. The average Bonchev–Trinajstić information content (AvgIpc) is 3.28. The van der Waals surface area contributed by atoms with Gasteiger partial charge in [0.25, 0.3) is 0 Å². The van der Waals surface area contributed by atoms with Crippen LogP contribution in [-0.2, 0) is 6.54 Å². The first kappa shape index (κ1) is 15.5. The minimum atomic E-state index is 0.628. The van der Waals surface area contributed by atoms with E-state index < -0.39 is 0 Å². The summed E-state index contributed by atoms with van der Waals surface area (Å²) in [6, 6.07) is 7.20. The van der Waals surface area contributed by atoms with Gasteiger partial charge in [-0.2, -0.15) is 10.2 Å². The molecule has 23 heavy (non-hydrogen) atoms. The Labute approximate surface area is 150 Å². The molecule has 1 fully saturated rings. The van der Waals surface area contributed by atoms with Crippen molar-refractivity contribution < 1.29 is 0 Å². The van der Waals surface area contributed by atoms with Crippen LogP contribution < -0.4 is 5.32 Å². The fourth-order valence-corrected chi connectivity index (χ4v) is 4.43. The smallest absolute Gasteiger partial charge is 0.0682 e. The molecule has 3 heterocycles. The van der Waals surface area contributed by atoms with Crippen LogP contribution in [-0.4, -0.2) is 31.9 Å². The zero-order valence-corrected chi connectivity index (χ0v) is 16.1. The van der Waals surface area contributed by atoms with Crippen LogP contribution in [0, 0.1) is 5.92 Å². The van der Waals surface area contributed by atoms with Crippen LogP contribution in [0.1, 0.15) is 13.3 Å². The third-order valence-corrected chi connectivity index (χ3v) is 6.42. The van der Waals surface area contributed by atoms with E-state index in [-0.39, 0.29) is 0 Å². The van der Waals surface area contributed by atoms with Crippen LogP contribution in [0.3, 0.4) is 0 Å². The van der Waals surface area contributed by atoms with E-state index in [1.807, 2.05) is 16.8 Å². The molecule has 0 radical (unpaired) electrons. The van der Waals surface area contributed by atoms with Gasteiger partial charge in [-0.1, -0.05) is 6.07 Å². The minimum absolute atomic E-state index is 0.628. The Morgan fingerprint density at radius 2 is 2.22 bits per heavy atom. The SMILES string of the molecule is CC1CC(Cn2ncc3cc(-c4cnn(PI)c4)ccc32)CN1. The summed E-state index contributed by atoms with van der Waals surface area (Å²) in [6.07, 6.45) is 7.88. The van der Waals surface area contributed by atoms with Gasteiger partial charge in [-0.25, -0.2) is 4.45 Å². The highest BCUT2D eigenvalue weighted by molar-refractivity contribution is 14.2. The lowest BCUT2D eigenvalue weighted by Gasteiger charge is -2.10. The molecule has 3 atom stereocenters. The molecule has 1 saturated heterocycles. The Bertz CT molecular complexity index is 827. The second-order valence-electron chi connectivity index (χ2n) is 6.27. The Morgan fingerprint density at radius 3 is 2.96 bits per heavy atom. The molecule has 7 heteroatoms. The van der Waals surface area contributed by atoms with Crippen LogP contribution in [0.5, 0.6) is 0 Å².